The summed E-state index contributed by atoms with van der Waals surface area (Å²) in [5, 5.41) is 22.0. The van der Waals surface area contributed by atoms with Gasteiger partial charge in [0.25, 0.3) is 0 Å². The van der Waals surface area contributed by atoms with Gasteiger partial charge < -0.3 is 10.5 Å². The molecule has 0 bridgehead atoms. The van der Waals surface area contributed by atoms with Gasteiger partial charge in [-0.25, -0.2) is 4.68 Å². The molecule has 0 spiro atoms. The van der Waals surface area contributed by atoms with Crippen molar-refractivity contribution >= 4 is 5.82 Å². The fourth-order valence-corrected chi connectivity index (χ4v) is 1.72. The molecule has 0 aliphatic rings. The molecule has 6 heteroatoms. The molecular weight excluding hydrogens is 242 g/mol. The third kappa shape index (κ3) is 2.20. The Balaban J connectivity index is 2.50. The summed E-state index contributed by atoms with van der Waals surface area (Å²) >= 11 is 0. The van der Waals surface area contributed by atoms with Gasteiger partial charge in [0.05, 0.1) is 31.0 Å². The van der Waals surface area contributed by atoms with E-state index in [4.69, 9.17) is 21.0 Å². The van der Waals surface area contributed by atoms with Crippen LogP contribution in [0.25, 0.3) is 5.69 Å². The Morgan fingerprint density at radius 2 is 2.00 bits per heavy atom. The van der Waals surface area contributed by atoms with Gasteiger partial charge in [-0.2, -0.15) is 15.6 Å². The molecule has 1 aromatic heterocycles. The number of hydrogen-bond donors (Lipinski definition) is 1. The largest absolute Gasteiger partial charge is 0.497 e. The van der Waals surface area contributed by atoms with E-state index < -0.39 is 0 Å². The van der Waals surface area contributed by atoms with Crippen LogP contribution in [0.1, 0.15) is 11.3 Å². The molecule has 0 atom stereocenters. The van der Waals surface area contributed by atoms with Crippen LogP contribution in [0.5, 0.6) is 5.75 Å². The molecule has 1 heterocycles. The molecule has 0 amide bonds. The lowest BCUT2D eigenvalue weighted by Crippen LogP contribution is -2.02. The van der Waals surface area contributed by atoms with Gasteiger partial charge in [-0.15, -0.1) is 0 Å². The first-order chi connectivity index (χ1) is 9.21. The molecule has 0 unspecified atom stereocenters. The van der Waals surface area contributed by atoms with Gasteiger partial charge in [-0.1, -0.05) is 0 Å². The van der Waals surface area contributed by atoms with E-state index in [0.29, 0.717) is 17.1 Å². The first-order valence-corrected chi connectivity index (χ1v) is 5.50. The minimum Gasteiger partial charge on any atom is -0.497 e. The Morgan fingerprint density at radius 3 is 2.53 bits per heavy atom. The van der Waals surface area contributed by atoms with Gasteiger partial charge in [0.1, 0.15) is 23.2 Å². The van der Waals surface area contributed by atoms with Crippen molar-refractivity contribution in [2.75, 3.05) is 12.8 Å². The highest BCUT2D eigenvalue weighted by Gasteiger charge is 2.16. The summed E-state index contributed by atoms with van der Waals surface area (Å²) in [6.45, 7) is 0. The van der Waals surface area contributed by atoms with Gasteiger partial charge in [0.2, 0.25) is 0 Å². The molecule has 6 nitrogen and oxygen atoms in total. The molecule has 0 radical (unpaired) electrons. The Labute approximate surface area is 110 Å². The number of nitrogens with zero attached hydrogens (tertiary/aromatic N) is 4. The minimum absolute atomic E-state index is 0.0518. The Morgan fingerprint density at radius 1 is 1.32 bits per heavy atom. The van der Waals surface area contributed by atoms with E-state index in [1.807, 2.05) is 12.1 Å². The van der Waals surface area contributed by atoms with Gasteiger partial charge in [0.15, 0.2) is 0 Å². The van der Waals surface area contributed by atoms with Crippen LogP contribution in [0.2, 0.25) is 0 Å². The normalized spacial score (nSPS) is 9.63. The highest BCUT2D eigenvalue weighted by Crippen LogP contribution is 2.22. The fraction of sp³-hybridized carbons (Fsp3) is 0.154. The number of nitrogen functional groups attached to an aromatic ring is 1. The average molecular weight is 253 g/mol. The van der Waals surface area contributed by atoms with Gasteiger partial charge >= 0.3 is 0 Å². The van der Waals surface area contributed by atoms with Crippen LogP contribution in [0, 0.1) is 22.7 Å². The van der Waals surface area contributed by atoms with Crippen molar-refractivity contribution in [2.24, 2.45) is 0 Å². The summed E-state index contributed by atoms with van der Waals surface area (Å²) in [5.41, 5.74) is 7.23. The van der Waals surface area contributed by atoms with Gasteiger partial charge in [-0.3, -0.25) is 0 Å². The molecule has 0 fully saturated rings. The number of anilines is 1. The summed E-state index contributed by atoms with van der Waals surface area (Å²) in [6.07, 6.45) is 0.0518. The van der Waals surface area contributed by atoms with E-state index in [0.717, 1.165) is 0 Å². The number of rotatable bonds is 3. The van der Waals surface area contributed by atoms with Crippen LogP contribution >= 0.6 is 0 Å². The topological polar surface area (TPSA) is 101 Å². The zero-order valence-corrected chi connectivity index (χ0v) is 10.3. The molecule has 2 rings (SSSR count). The number of ether oxygens (including phenoxy) is 1. The van der Waals surface area contributed by atoms with E-state index >= 15 is 0 Å². The second-order valence-corrected chi connectivity index (χ2v) is 3.76. The average Bonchev–Trinajstić information content (AvgIpc) is 2.75. The van der Waals surface area contributed by atoms with Crippen molar-refractivity contribution in [1.29, 1.82) is 10.5 Å². The lowest BCUT2D eigenvalue weighted by molar-refractivity contribution is 0.414. The van der Waals surface area contributed by atoms with E-state index in [1.165, 1.54) is 4.68 Å². The van der Waals surface area contributed by atoms with E-state index in [-0.39, 0.29) is 17.8 Å². The number of aromatic nitrogens is 2. The summed E-state index contributed by atoms with van der Waals surface area (Å²) in [7, 11) is 1.58. The molecule has 0 saturated heterocycles. The summed E-state index contributed by atoms with van der Waals surface area (Å²) < 4.78 is 6.52. The van der Waals surface area contributed by atoms with Gasteiger partial charge in [0, 0.05) is 0 Å². The maximum atomic E-state index is 9.06. The molecular formula is C13H11N5O. The van der Waals surface area contributed by atoms with Crippen LogP contribution in [-0.4, -0.2) is 16.9 Å². The third-order valence-electron chi connectivity index (χ3n) is 2.67. The van der Waals surface area contributed by atoms with E-state index in [9.17, 15) is 0 Å². The monoisotopic (exact) mass is 253 g/mol. The quantitative estimate of drug-likeness (QED) is 0.890. The zero-order valence-electron chi connectivity index (χ0n) is 10.3. The SMILES string of the molecule is COc1ccc(-n2nc(CC#N)c(C#N)c2N)cc1. The summed E-state index contributed by atoms with van der Waals surface area (Å²) in [4.78, 5) is 0. The maximum Gasteiger partial charge on any atom is 0.145 e. The second kappa shape index (κ2) is 5.11. The predicted octanol–water partition coefficient (Wildman–Crippen LogP) is 1.40. The van der Waals surface area contributed by atoms with E-state index in [2.05, 4.69) is 5.10 Å². The number of nitriles is 2. The Kier molecular flexibility index (Phi) is 3.35. The number of nitrogens with two attached hydrogens (primary N) is 1. The van der Waals surface area contributed by atoms with Gasteiger partial charge in [-0.05, 0) is 24.3 Å². The smallest absolute Gasteiger partial charge is 0.145 e. The first-order valence-electron chi connectivity index (χ1n) is 5.50. The molecule has 1 aromatic carbocycles. The van der Waals surface area contributed by atoms with Crippen molar-refractivity contribution in [3.05, 3.63) is 35.5 Å². The predicted molar refractivity (Wildman–Crippen MR) is 68.6 cm³/mol. The van der Waals surface area contributed by atoms with Crippen molar-refractivity contribution < 1.29 is 4.74 Å². The summed E-state index contributed by atoms with van der Waals surface area (Å²) in [5.74, 6) is 0.949. The maximum absolute atomic E-state index is 9.06. The second-order valence-electron chi connectivity index (χ2n) is 3.76. The zero-order chi connectivity index (χ0) is 13.8. The van der Waals surface area contributed by atoms with Crippen molar-refractivity contribution in [3.8, 4) is 23.6 Å². The van der Waals surface area contributed by atoms with Crippen LogP contribution in [0.4, 0.5) is 5.82 Å². The summed E-state index contributed by atoms with van der Waals surface area (Å²) in [6, 6.07) is 11.0. The van der Waals surface area contributed by atoms with Crippen LogP contribution < -0.4 is 10.5 Å². The standard InChI is InChI=1S/C13H11N5O/c1-19-10-4-2-9(3-5-10)18-13(16)11(8-15)12(17-18)6-7-14/h2-5H,6,16H2,1H3. The molecule has 19 heavy (non-hydrogen) atoms. The van der Waals surface area contributed by atoms with Crippen molar-refractivity contribution in [3.63, 3.8) is 0 Å². The van der Waals surface area contributed by atoms with Crippen LogP contribution in [0.3, 0.4) is 0 Å². The number of methoxy groups -OCH3 is 1. The molecule has 0 saturated carbocycles. The molecule has 94 valence electrons. The highest BCUT2D eigenvalue weighted by atomic mass is 16.5. The minimum atomic E-state index is 0.0518. The number of hydrogen-bond acceptors (Lipinski definition) is 5. The van der Waals surface area contributed by atoms with E-state index in [1.54, 1.807) is 31.4 Å². The molecule has 0 aliphatic carbocycles. The lowest BCUT2D eigenvalue weighted by Gasteiger charge is -2.05. The molecule has 0 aliphatic heterocycles. The van der Waals surface area contributed by atoms with Crippen molar-refractivity contribution in [2.45, 2.75) is 6.42 Å². The first kappa shape index (κ1) is 12.5. The highest BCUT2D eigenvalue weighted by molar-refractivity contribution is 5.57. The Bertz CT molecular complexity index is 673. The fourth-order valence-electron chi connectivity index (χ4n) is 1.72. The van der Waals surface area contributed by atoms with Crippen LogP contribution in [-0.2, 0) is 6.42 Å². The lowest BCUT2D eigenvalue weighted by atomic mass is 10.2. The van der Waals surface area contributed by atoms with Crippen LogP contribution in [0.15, 0.2) is 24.3 Å². The van der Waals surface area contributed by atoms with Crippen molar-refractivity contribution in [1.82, 2.24) is 9.78 Å². The molecule has 2 N–H and O–H groups in total. The molecule has 2 aromatic rings. The third-order valence-corrected chi connectivity index (χ3v) is 2.67. The Hall–Kier alpha value is -2.99. The number of benzene rings is 1.